The largest absolute Gasteiger partial charge is 0.468 e. The van der Waals surface area contributed by atoms with Crippen molar-refractivity contribution in [3.05, 3.63) is 29.8 Å². The Morgan fingerprint density at radius 2 is 1.41 bits per heavy atom. The summed E-state index contributed by atoms with van der Waals surface area (Å²) in [6.07, 6.45) is 0. The van der Waals surface area contributed by atoms with E-state index in [0.717, 1.165) is 19.1 Å². The van der Waals surface area contributed by atoms with E-state index in [1.807, 2.05) is 0 Å². The average Bonchev–Trinajstić information content (AvgIpc) is 2.65. The van der Waals surface area contributed by atoms with Crippen LogP contribution in [-0.2, 0) is 29.1 Å². The third kappa shape index (κ3) is 5.76. The highest BCUT2D eigenvalue weighted by Crippen LogP contribution is 2.18. The number of methoxy groups -OCH3 is 2. The minimum absolute atomic E-state index is 0.0303. The molecule has 0 bridgehead atoms. The van der Waals surface area contributed by atoms with Gasteiger partial charge in [0, 0.05) is 18.7 Å². The van der Waals surface area contributed by atoms with Gasteiger partial charge in [-0.1, -0.05) is 0 Å². The van der Waals surface area contributed by atoms with E-state index in [9.17, 15) is 22.8 Å². The number of benzene rings is 1. The molecule has 150 valence electrons. The highest BCUT2D eigenvalue weighted by Gasteiger charge is 2.25. The fourth-order valence-corrected chi connectivity index (χ4v) is 3.40. The number of amides is 1. The Bertz CT molecular complexity index is 770. The molecule has 27 heavy (non-hydrogen) atoms. The Labute approximate surface area is 158 Å². The number of carbonyl (C=O) groups is 3. The molecule has 1 aromatic carbocycles. The van der Waals surface area contributed by atoms with Gasteiger partial charge in [-0.25, -0.2) is 8.42 Å². The summed E-state index contributed by atoms with van der Waals surface area (Å²) in [6, 6.07) is 5.02. The number of esters is 2. The van der Waals surface area contributed by atoms with Crippen LogP contribution in [0.15, 0.2) is 29.2 Å². The Morgan fingerprint density at radius 3 is 1.78 bits per heavy atom. The first-order valence-corrected chi connectivity index (χ1v) is 9.49. The van der Waals surface area contributed by atoms with Gasteiger partial charge in [-0.3, -0.25) is 14.4 Å². The van der Waals surface area contributed by atoms with Gasteiger partial charge in [0.05, 0.1) is 19.1 Å². The van der Waals surface area contributed by atoms with E-state index in [2.05, 4.69) is 9.47 Å². The average molecular weight is 400 g/mol. The second-order valence-electron chi connectivity index (χ2n) is 5.95. The summed E-state index contributed by atoms with van der Waals surface area (Å²) >= 11 is 0. The van der Waals surface area contributed by atoms with E-state index >= 15 is 0 Å². The Hall–Kier alpha value is -2.46. The number of hydrogen-bond donors (Lipinski definition) is 0. The second kappa shape index (κ2) is 9.47. The van der Waals surface area contributed by atoms with Crippen LogP contribution in [-0.4, -0.2) is 75.9 Å². The van der Waals surface area contributed by atoms with Gasteiger partial charge in [-0.15, -0.1) is 0 Å². The molecule has 0 saturated carbocycles. The molecule has 0 atom stereocenters. The monoisotopic (exact) mass is 400 g/mol. The molecule has 0 heterocycles. The van der Waals surface area contributed by atoms with E-state index in [-0.39, 0.29) is 16.5 Å². The van der Waals surface area contributed by atoms with Crippen LogP contribution >= 0.6 is 0 Å². The van der Waals surface area contributed by atoms with Gasteiger partial charge < -0.3 is 14.4 Å². The van der Waals surface area contributed by atoms with Crippen molar-refractivity contribution in [2.75, 3.05) is 34.4 Å². The number of rotatable bonds is 8. The van der Waals surface area contributed by atoms with Crippen LogP contribution in [0.2, 0.25) is 0 Å². The molecular formula is C17H24N2O7S. The summed E-state index contributed by atoms with van der Waals surface area (Å²) in [4.78, 5) is 36.6. The molecule has 1 rings (SSSR count). The fraction of sp³-hybridized carbons (Fsp3) is 0.471. The molecule has 0 aromatic heterocycles. The van der Waals surface area contributed by atoms with Gasteiger partial charge in [0.25, 0.3) is 5.91 Å². The number of hydrogen-bond acceptors (Lipinski definition) is 7. The number of nitrogens with zero attached hydrogens (tertiary/aromatic N) is 2. The molecule has 0 fully saturated rings. The smallest absolute Gasteiger partial charge is 0.325 e. The molecule has 0 aliphatic rings. The lowest BCUT2D eigenvalue weighted by Crippen LogP contribution is -2.40. The topological polar surface area (TPSA) is 110 Å². The zero-order chi connectivity index (χ0) is 20.8. The van der Waals surface area contributed by atoms with Crippen molar-refractivity contribution < 1.29 is 32.3 Å². The van der Waals surface area contributed by atoms with Crippen LogP contribution in [0, 0.1) is 0 Å². The normalized spacial score (nSPS) is 11.4. The second-order valence-corrected chi connectivity index (χ2v) is 7.95. The maximum atomic E-state index is 12.6. The summed E-state index contributed by atoms with van der Waals surface area (Å²) in [7, 11) is 0.101. The van der Waals surface area contributed by atoms with Crippen molar-refractivity contribution >= 4 is 27.9 Å². The number of sulfonamides is 1. The molecule has 0 radical (unpaired) electrons. The first-order valence-electron chi connectivity index (χ1n) is 8.05. The minimum atomic E-state index is -3.69. The molecule has 10 heteroatoms. The van der Waals surface area contributed by atoms with E-state index < -0.39 is 41.0 Å². The first-order chi connectivity index (χ1) is 12.5. The van der Waals surface area contributed by atoms with E-state index in [1.54, 1.807) is 13.8 Å². The molecular weight excluding hydrogens is 376 g/mol. The van der Waals surface area contributed by atoms with Gasteiger partial charge in [0.15, 0.2) is 0 Å². The summed E-state index contributed by atoms with van der Waals surface area (Å²) in [5.74, 6) is -2.04. The van der Waals surface area contributed by atoms with Crippen LogP contribution in [0.4, 0.5) is 0 Å². The Kier molecular flexibility index (Phi) is 7.92. The third-order valence-corrected chi connectivity index (χ3v) is 5.94. The highest BCUT2D eigenvalue weighted by molar-refractivity contribution is 7.89. The molecule has 0 aliphatic carbocycles. The van der Waals surface area contributed by atoms with Gasteiger partial charge in [-0.05, 0) is 38.1 Å². The standard InChI is InChI=1S/C17H24N2O7S/c1-12(2)18(3)27(23,24)14-8-6-13(7-9-14)17(22)19(10-15(20)25-4)11-16(21)26-5/h6-9,12H,10-11H2,1-5H3. The van der Waals surface area contributed by atoms with E-state index in [0.29, 0.717) is 0 Å². The maximum Gasteiger partial charge on any atom is 0.325 e. The third-order valence-electron chi connectivity index (χ3n) is 3.89. The molecule has 0 aliphatic heterocycles. The predicted molar refractivity (Wildman–Crippen MR) is 96.5 cm³/mol. The zero-order valence-electron chi connectivity index (χ0n) is 16.0. The summed E-state index contributed by atoms with van der Waals surface area (Å²) in [5, 5.41) is 0. The molecule has 0 unspecified atom stereocenters. The molecule has 9 nitrogen and oxygen atoms in total. The Balaban J connectivity index is 3.10. The van der Waals surface area contributed by atoms with Crippen LogP contribution < -0.4 is 0 Å². The number of carbonyl (C=O) groups excluding carboxylic acids is 3. The van der Waals surface area contributed by atoms with Crippen molar-refractivity contribution in [3.8, 4) is 0 Å². The first kappa shape index (κ1) is 22.6. The summed E-state index contributed by atoms with van der Waals surface area (Å²) < 4.78 is 35.2. The van der Waals surface area contributed by atoms with Gasteiger partial charge in [-0.2, -0.15) is 4.31 Å². The van der Waals surface area contributed by atoms with Crippen LogP contribution in [0.1, 0.15) is 24.2 Å². The summed E-state index contributed by atoms with van der Waals surface area (Å²) in [6.45, 7) is 2.60. The molecule has 0 spiro atoms. The van der Waals surface area contributed by atoms with Crippen molar-refractivity contribution in [2.45, 2.75) is 24.8 Å². The van der Waals surface area contributed by atoms with E-state index in [4.69, 9.17) is 0 Å². The van der Waals surface area contributed by atoms with Crippen molar-refractivity contribution in [3.63, 3.8) is 0 Å². The lowest BCUT2D eigenvalue weighted by molar-refractivity contribution is -0.144. The zero-order valence-corrected chi connectivity index (χ0v) is 16.8. The van der Waals surface area contributed by atoms with Crippen LogP contribution in [0.3, 0.4) is 0 Å². The molecule has 0 saturated heterocycles. The lowest BCUT2D eigenvalue weighted by Gasteiger charge is -2.22. The lowest BCUT2D eigenvalue weighted by atomic mass is 10.2. The summed E-state index contributed by atoms with van der Waals surface area (Å²) in [5.41, 5.74) is 0.119. The van der Waals surface area contributed by atoms with Crippen LogP contribution in [0.5, 0.6) is 0 Å². The quantitative estimate of drug-likeness (QED) is 0.585. The minimum Gasteiger partial charge on any atom is -0.468 e. The van der Waals surface area contributed by atoms with Crippen molar-refractivity contribution in [1.29, 1.82) is 0 Å². The molecule has 1 aromatic rings. The molecule has 0 N–H and O–H groups in total. The highest BCUT2D eigenvalue weighted by atomic mass is 32.2. The van der Waals surface area contributed by atoms with Gasteiger partial charge >= 0.3 is 11.9 Å². The number of ether oxygens (including phenoxy) is 2. The van der Waals surface area contributed by atoms with Crippen molar-refractivity contribution in [1.82, 2.24) is 9.21 Å². The van der Waals surface area contributed by atoms with Gasteiger partial charge in [0.1, 0.15) is 13.1 Å². The Morgan fingerprint density at radius 1 is 0.963 bits per heavy atom. The molecule has 1 amide bonds. The van der Waals surface area contributed by atoms with Crippen LogP contribution in [0.25, 0.3) is 0 Å². The SMILES string of the molecule is COC(=O)CN(CC(=O)OC)C(=O)c1ccc(S(=O)(=O)N(C)C(C)C)cc1. The predicted octanol–water partition coefficient (Wildman–Crippen LogP) is 0.504. The van der Waals surface area contributed by atoms with Gasteiger partial charge in [0.2, 0.25) is 10.0 Å². The van der Waals surface area contributed by atoms with Crippen molar-refractivity contribution in [2.24, 2.45) is 0 Å². The maximum absolute atomic E-state index is 12.6. The van der Waals surface area contributed by atoms with E-state index in [1.165, 1.54) is 35.6 Å². The fourth-order valence-electron chi connectivity index (χ4n) is 2.04.